The number of aliphatic hydroxyl groups excluding tert-OH is 1. The van der Waals surface area contributed by atoms with Gasteiger partial charge in [0.2, 0.25) is 0 Å². The molecule has 0 aromatic heterocycles. The number of hydrogen-bond donors (Lipinski definition) is 1. The average Bonchev–Trinajstić information content (AvgIpc) is 2.82. The van der Waals surface area contributed by atoms with Crippen molar-refractivity contribution in [2.45, 2.75) is 31.0 Å². The van der Waals surface area contributed by atoms with Crippen molar-refractivity contribution in [3.63, 3.8) is 0 Å². The third kappa shape index (κ3) is 5.53. The largest absolute Gasteiger partial charge is 0.416 e. The van der Waals surface area contributed by atoms with Crippen LogP contribution in [0.25, 0.3) is 0 Å². The summed E-state index contributed by atoms with van der Waals surface area (Å²) >= 11 is 12.5. The van der Waals surface area contributed by atoms with E-state index in [9.17, 15) is 31.4 Å². The Balaban J connectivity index is 1.82. The molecule has 0 bridgehead atoms. The second-order valence-corrected chi connectivity index (χ2v) is 9.22. The van der Waals surface area contributed by atoms with Crippen LogP contribution < -0.4 is 9.80 Å². The monoisotopic (exact) mass is 548 g/mol. The topological polar surface area (TPSA) is 26.7 Å². The number of para-hydroxylation sites is 2. The fourth-order valence-corrected chi connectivity index (χ4v) is 4.68. The standard InChI is InChI=1S/C25H20Cl2F6N2O/c26-18-8-4-6-16(23(18)27)12-34-13-21(15-5-3-7-17(11-15)24(28,29)30)35(14-22(36)25(31,32)33)20-10-2-1-9-19(20)34/h1-11,21-22,36H,12-14H2. The van der Waals surface area contributed by atoms with Gasteiger partial charge in [-0.1, -0.05) is 59.6 Å². The molecule has 0 aliphatic carbocycles. The highest BCUT2D eigenvalue weighted by Crippen LogP contribution is 2.44. The molecular weight excluding hydrogens is 529 g/mol. The zero-order valence-electron chi connectivity index (χ0n) is 18.5. The summed E-state index contributed by atoms with van der Waals surface area (Å²) in [4.78, 5) is 3.13. The Kier molecular flexibility index (Phi) is 7.37. The molecule has 1 N–H and O–H groups in total. The quantitative estimate of drug-likeness (QED) is 0.334. The van der Waals surface area contributed by atoms with Gasteiger partial charge in [0.25, 0.3) is 0 Å². The van der Waals surface area contributed by atoms with Crippen LogP contribution in [0.2, 0.25) is 10.0 Å². The molecule has 0 fully saturated rings. The number of nitrogens with zero attached hydrogens (tertiary/aromatic N) is 2. The maximum Gasteiger partial charge on any atom is 0.416 e. The van der Waals surface area contributed by atoms with Crippen molar-refractivity contribution < 1.29 is 31.4 Å². The van der Waals surface area contributed by atoms with Gasteiger partial charge in [0.1, 0.15) is 0 Å². The number of halogens is 8. The molecule has 3 nitrogen and oxygen atoms in total. The number of anilines is 2. The van der Waals surface area contributed by atoms with Gasteiger partial charge < -0.3 is 14.9 Å². The van der Waals surface area contributed by atoms with Crippen molar-refractivity contribution in [2.24, 2.45) is 0 Å². The van der Waals surface area contributed by atoms with Crippen LogP contribution in [-0.2, 0) is 12.7 Å². The van der Waals surface area contributed by atoms with Gasteiger partial charge in [-0.3, -0.25) is 0 Å². The summed E-state index contributed by atoms with van der Waals surface area (Å²) in [6.45, 7) is -0.611. The first-order chi connectivity index (χ1) is 16.9. The summed E-state index contributed by atoms with van der Waals surface area (Å²) in [7, 11) is 0. The molecule has 2 atom stereocenters. The summed E-state index contributed by atoms with van der Waals surface area (Å²) in [6.07, 6.45) is -12.2. The van der Waals surface area contributed by atoms with Crippen molar-refractivity contribution in [2.75, 3.05) is 22.9 Å². The summed E-state index contributed by atoms with van der Waals surface area (Å²) in [6, 6.07) is 15.2. The molecule has 0 spiro atoms. The molecule has 0 radical (unpaired) electrons. The zero-order valence-corrected chi connectivity index (χ0v) is 20.0. The van der Waals surface area contributed by atoms with Gasteiger partial charge in [-0.25, -0.2) is 0 Å². The van der Waals surface area contributed by atoms with Crippen molar-refractivity contribution >= 4 is 34.6 Å². The first-order valence-electron chi connectivity index (χ1n) is 10.8. The van der Waals surface area contributed by atoms with Crippen molar-refractivity contribution in [1.82, 2.24) is 0 Å². The van der Waals surface area contributed by atoms with E-state index in [1.807, 2.05) is 4.90 Å². The van der Waals surface area contributed by atoms with Gasteiger partial charge in [0.15, 0.2) is 6.10 Å². The molecule has 0 amide bonds. The van der Waals surface area contributed by atoms with E-state index < -0.39 is 36.6 Å². The molecule has 4 rings (SSSR count). The third-order valence-electron chi connectivity index (χ3n) is 6.04. The van der Waals surface area contributed by atoms with Crippen molar-refractivity contribution in [3.8, 4) is 0 Å². The Hall–Kier alpha value is -2.62. The summed E-state index contributed by atoms with van der Waals surface area (Å²) < 4.78 is 80.3. The van der Waals surface area contributed by atoms with E-state index in [-0.39, 0.29) is 18.7 Å². The Morgan fingerprint density at radius 1 is 0.889 bits per heavy atom. The van der Waals surface area contributed by atoms with E-state index in [1.54, 1.807) is 42.5 Å². The van der Waals surface area contributed by atoms with E-state index in [1.165, 1.54) is 17.0 Å². The number of benzene rings is 3. The number of hydrogen-bond acceptors (Lipinski definition) is 3. The number of aliphatic hydroxyl groups is 1. The molecular formula is C25H20Cl2F6N2O. The van der Waals surface area contributed by atoms with Crippen LogP contribution in [-0.4, -0.2) is 30.5 Å². The number of rotatable bonds is 5. The maximum atomic E-state index is 13.4. The second kappa shape index (κ2) is 10.0. The van der Waals surface area contributed by atoms with Gasteiger partial charge in [0, 0.05) is 13.1 Å². The smallest absolute Gasteiger partial charge is 0.382 e. The molecule has 1 aliphatic heterocycles. The molecule has 192 valence electrons. The minimum atomic E-state index is -4.90. The lowest BCUT2D eigenvalue weighted by molar-refractivity contribution is -0.200. The predicted molar refractivity (Wildman–Crippen MR) is 128 cm³/mol. The molecule has 3 aromatic rings. The summed E-state index contributed by atoms with van der Waals surface area (Å²) in [5.74, 6) is 0. The number of alkyl halides is 6. The second-order valence-electron chi connectivity index (χ2n) is 8.43. The molecule has 1 aliphatic rings. The van der Waals surface area contributed by atoms with Crippen LogP contribution in [0.15, 0.2) is 66.7 Å². The van der Waals surface area contributed by atoms with Crippen LogP contribution in [0.3, 0.4) is 0 Å². The number of fused-ring (bicyclic) bond motifs is 1. The van der Waals surface area contributed by atoms with E-state index in [2.05, 4.69) is 0 Å². The Bertz CT molecular complexity index is 1230. The fraction of sp³-hybridized carbons (Fsp3) is 0.280. The minimum absolute atomic E-state index is 0.0335. The normalized spacial score (nSPS) is 17.2. The minimum Gasteiger partial charge on any atom is -0.382 e. The van der Waals surface area contributed by atoms with E-state index in [0.717, 1.165) is 12.1 Å². The highest BCUT2D eigenvalue weighted by atomic mass is 35.5. The number of β-amino-alcohol motifs (C(OH)–C–C–N with tert-alkyl or cyclic N) is 1. The molecule has 0 saturated carbocycles. The van der Waals surface area contributed by atoms with Gasteiger partial charge >= 0.3 is 12.4 Å². The van der Waals surface area contributed by atoms with Crippen LogP contribution in [0.5, 0.6) is 0 Å². The molecule has 1 heterocycles. The molecule has 0 saturated heterocycles. The third-order valence-corrected chi connectivity index (χ3v) is 6.90. The van der Waals surface area contributed by atoms with Crippen molar-refractivity contribution in [1.29, 1.82) is 0 Å². The lowest BCUT2D eigenvalue weighted by atomic mass is 9.96. The van der Waals surface area contributed by atoms with E-state index in [0.29, 0.717) is 27.0 Å². The van der Waals surface area contributed by atoms with Crippen LogP contribution >= 0.6 is 23.2 Å². The predicted octanol–water partition coefficient (Wildman–Crippen LogP) is 7.50. The average molecular weight is 549 g/mol. The van der Waals surface area contributed by atoms with E-state index in [4.69, 9.17) is 23.2 Å². The molecule has 11 heteroatoms. The lowest BCUT2D eigenvalue weighted by Gasteiger charge is -2.46. The maximum absolute atomic E-state index is 13.4. The van der Waals surface area contributed by atoms with Gasteiger partial charge in [-0.15, -0.1) is 0 Å². The molecule has 36 heavy (non-hydrogen) atoms. The first kappa shape index (κ1) is 26.4. The van der Waals surface area contributed by atoms with Crippen LogP contribution in [0.4, 0.5) is 37.7 Å². The first-order valence-corrected chi connectivity index (χ1v) is 11.6. The zero-order chi connectivity index (χ0) is 26.3. The Morgan fingerprint density at radius 2 is 1.56 bits per heavy atom. The van der Waals surface area contributed by atoms with Gasteiger partial charge in [-0.2, -0.15) is 26.3 Å². The lowest BCUT2D eigenvalue weighted by Crippen LogP contribution is -2.49. The molecule has 2 unspecified atom stereocenters. The molecule has 3 aromatic carbocycles. The van der Waals surface area contributed by atoms with Crippen LogP contribution in [0, 0.1) is 0 Å². The Morgan fingerprint density at radius 3 is 2.22 bits per heavy atom. The van der Waals surface area contributed by atoms with Gasteiger partial charge in [-0.05, 0) is 41.5 Å². The Labute approximate surface area is 213 Å². The highest BCUT2D eigenvalue weighted by Gasteiger charge is 2.43. The summed E-state index contributed by atoms with van der Waals surface area (Å²) in [5, 5.41) is 10.5. The van der Waals surface area contributed by atoms with E-state index >= 15 is 0 Å². The fourth-order valence-electron chi connectivity index (χ4n) is 4.30. The summed E-state index contributed by atoms with van der Waals surface area (Å²) in [5.41, 5.74) is 0.778. The highest BCUT2D eigenvalue weighted by molar-refractivity contribution is 6.42. The van der Waals surface area contributed by atoms with Crippen molar-refractivity contribution in [3.05, 3.63) is 93.5 Å². The van der Waals surface area contributed by atoms with Gasteiger partial charge in [0.05, 0.1) is 39.6 Å². The SMILES string of the molecule is OC(CN1c2ccccc2N(Cc2cccc(Cl)c2Cl)CC1c1cccc(C(F)(F)F)c1)C(F)(F)F. The van der Waals surface area contributed by atoms with Crippen LogP contribution in [0.1, 0.15) is 22.7 Å².